The van der Waals surface area contributed by atoms with E-state index in [1.165, 1.54) is 25.7 Å². The number of guanidine groups is 1. The quantitative estimate of drug-likeness (QED) is 0.552. The van der Waals surface area contributed by atoms with Crippen molar-refractivity contribution in [3.05, 3.63) is 0 Å². The predicted octanol–water partition coefficient (Wildman–Crippen LogP) is 2.09. The molecular weight excluding hydrogens is 328 g/mol. The van der Waals surface area contributed by atoms with Crippen molar-refractivity contribution in [3.63, 3.8) is 0 Å². The zero-order valence-corrected chi connectivity index (χ0v) is 17.0. The number of likely N-dealkylation sites (tertiary alicyclic amines) is 1. The molecule has 2 atom stereocenters. The molecule has 0 amide bonds. The Morgan fingerprint density at radius 2 is 2.00 bits per heavy atom. The van der Waals surface area contributed by atoms with E-state index < -0.39 is 0 Å². The third-order valence-corrected chi connectivity index (χ3v) is 6.12. The Kier molecular flexibility index (Phi) is 7.58. The van der Waals surface area contributed by atoms with Crippen LogP contribution in [0.4, 0.5) is 0 Å². The molecule has 2 saturated heterocycles. The van der Waals surface area contributed by atoms with Crippen LogP contribution in [0, 0.1) is 0 Å². The van der Waals surface area contributed by atoms with Crippen molar-refractivity contribution in [2.45, 2.75) is 76.2 Å². The second kappa shape index (κ2) is 9.90. The minimum absolute atomic E-state index is 0.321. The Morgan fingerprint density at radius 3 is 2.62 bits per heavy atom. The molecule has 0 spiro atoms. The van der Waals surface area contributed by atoms with Gasteiger partial charge in [0.15, 0.2) is 5.96 Å². The molecule has 3 fully saturated rings. The number of hydrogen-bond acceptors (Lipinski definition) is 4. The van der Waals surface area contributed by atoms with E-state index in [1.807, 2.05) is 7.05 Å². The molecule has 2 heterocycles. The smallest absolute Gasteiger partial charge is 0.193 e. The summed E-state index contributed by atoms with van der Waals surface area (Å²) in [5, 5.41) is 3.57. The molecule has 1 saturated carbocycles. The highest BCUT2D eigenvalue weighted by Gasteiger charge is 2.29. The third-order valence-electron chi connectivity index (χ3n) is 6.12. The number of aliphatic imine (C=N–C) groups is 1. The number of ether oxygens (including phenoxy) is 2. The molecule has 1 aliphatic carbocycles. The molecule has 0 bridgehead atoms. The summed E-state index contributed by atoms with van der Waals surface area (Å²) in [6.45, 7) is 6.96. The van der Waals surface area contributed by atoms with Gasteiger partial charge in [0.2, 0.25) is 0 Å². The molecular formula is C20H38N4O2. The molecule has 3 rings (SSSR count). The van der Waals surface area contributed by atoms with Crippen LogP contribution in [0.2, 0.25) is 0 Å². The maximum atomic E-state index is 6.13. The van der Waals surface area contributed by atoms with Gasteiger partial charge in [-0.25, -0.2) is 0 Å². The number of rotatable bonds is 7. The van der Waals surface area contributed by atoms with Crippen molar-refractivity contribution in [1.29, 1.82) is 0 Å². The van der Waals surface area contributed by atoms with Crippen LogP contribution < -0.4 is 5.32 Å². The number of piperidine rings is 1. The van der Waals surface area contributed by atoms with Crippen LogP contribution >= 0.6 is 0 Å². The average molecular weight is 367 g/mol. The number of nitrogens with one attached hydrogen (secondary N) is 1. The van der Waals surface area contributed by atoms with Gasteiger partial charge in [0.25, 0.3) is 0 Å². The summed E-state index contributed by atoms with van der Waals surface area (Å²) in [5.74, 6) is 1.04. The number of likely N-dealkylation sites (N-methyl/N-ethyl adjacent to an activating group) is 1. The van der Waals surface area contributed by atoms with Crippen molar-refractivity contribution in [2.24, 2.45) is 4.99 Å². The van der Waals surface area contributed by atoms with Crippen molar-refractivity contribution in [3.8, 4) is 0 Å². The zero-order chi connectivity index (χ0) is 18.4. The fourth-order valence-electron chi connectivity index (χ4n) is 3.97. The van der Waals surface area contributed by atoms with Gasteiger partial charge >= 0.3 is 0 Å². The maximum absolute atomic E-state index is 6.13. The first-order valence-electron chi connectivity index (χ1n) is 10.6. The first-order chi connectivity index (χ1) is 12.7. The highest BCUT2D eigenvalue weighted by atomic mass is 16.5. The lowest BCUT2D eigenvalue weighted by molar-refractivity contribution is -0.0721. The summed E-state index contributed by atoms with van der Waals surface area (Å²) in [7, 11) is 4.13. The molecule has 150 valence electrons. The lowest BCUT2D eigenvalue weighted by Crippen LogP contribution is -2.50. The van der Waals surface area contributed by atoms with E-state index in [2.05, 4.69) is 34.1 Å². The summed E-state index contributed by atoms with van der Waals surface area (Å²) in [6, 6.07) is 1.34. The number of hydrogen-bond donors (Lipinski definition) is 1. The Balaban J connectivity index is 1.34. The van der Waals surface area contributed by atoms with Crippen LogP contribution in [-0.4, -0.2) is 87.0 Å². The van der Waals surface area contributed by atoms with Crippen LogP contribution in [-0.2, 0) is 9.47 Å². The fourth-order valence-corrected chi connectivity index (χ4v) is 3.97. The molecule has 2 aliphatic heterocycles. The van der Waals surface area contributed by atoms with Gasteiger partial charge in [0, 0.05) is 45.4 Å². The SMILES string of the molecule is CN=C(NCC(C)N(C)C1CC1)N1CCC(OCC2CCCCO2)CC1. The standard InChI is InChI=1S/C20H38N4O2/c1-16(23(3)17-7-8-17)14-22-20(21-2)24-11-9-18(10-12-24)26-15-19-6-4-5-13-25-19/h16-19H,4-15H2,1-3H3,(H,21,22). The van der Waals surface area contributed by atoms with Crippen LogP contribution in [0.3, 0.4) is 0 Å². The van der Waals surface area contributed by atoms with Gasteiger partial charge in [-0.05, 0) is 58.9 Å². The summed E-state index contributed by atoms with van der Waals surface area (Å²) < 4.78 is 11.9. The Morgan fingerprint density at radius 1 is 1.23 bits per heavy atom. The second-order valence-corrected chi connectivity index (χ2v) is 8.18. The van der Waals surface area contributed by atoms with E-state index in [0.717, 1.165) is 64.1 Å². The predicted molar refractivity (Wildman–Crippen MR) is 106 cm³/mol. The van der Waals surface area contributed by atoms with E-state index in [9.17, 15) is 0 Å². The Bertz CT molecular complexity index is 441. The van der Waals surface area contributed by atoms with Gasteiger partial charge in [0.1, 0.15) is 0 Å². The number of nitrogens with zero attached hydrogens (tertiary/aromatic N) is 3. The highest BCUT2D eigenvalue weighted by Crippen LogP contribution is 2.26. The average Bonchev–Trinajstić information content (AvgIpc) is 3.53. The van der Waals surface area contributed by atoms with Gasteiger partial charge in [-0.1, -0.05) is 0 Å². The first kappa shape index (κ1) is 19.9. The molecule has 6 heteroatoms. The Labute approximate surface area is 159 Å². The van der Waals surface area contributed by atoms with E-state index in [1.54, 1.807) is 0 Å². The minimum Gasteiger partial charge on any atom is -0.376 e. The van der Waals surface area contributed by atoms with Gasteiger partial charge < -0.3 is 19.7 Å². The van der Waals surface area contributed by atoms with Crippen molar-refractivity contribution < 1.29 is 9.47 Å². The fraction of sp³-hybridized carbons (Fsp3) is 0.950. The van der Waals surface area contributed by atoms with Gasteiger partial charge in [0.05, 0.1) is 18.8 Å². The largest absolute Gasteiger partial charge is 0.376 e. The molecule has 0 aromatic heterocycles. The summed E-state index contributed by atoms with van der Waals surface area (Å²) >= 11 is 0. The van der Waals surface area contributed by atoms with Crippen LogP contribution in [0.15, 0.2) is 4.99 Å². The monoisotopic (exact) mass is 366 g/mol. The maximum Gasteiger partial charge on any atom is 0.193 e. The van der Waals surface area contributed by atoms with E-state index in [0.29, 0.717) is 18.2 Å². The van der Waals surface area contributed by atoms with Crippen LogP contribution in [0.25, 0.3) is 0 Å². The minimum atomic E-state index is 0.321. The van der Waals surface area contributed by atoms with Crippen molar-refractivity contribution in [2.75, 3.05) is 46.9 Å². The lowest BCUT2D eigenvalue weighted by atomic mass is 10.1. The van der Waals surface area contributed by atoms with Crippen LogP contribution in [0.1, 0.15) is 51.9 Å². The van der Waals surface area contributed by atoms with Gasteiger partial charge in [-0.2, -0.15) is 0 Å². The third kappa shape index (κ3) is 5.83. The lowest BCUT2D eigenvalue weighted by Gasteiger charge is -2.35. The molecule has 6 nitrogen and oxygen atoms in total. The van der Waals surface area contributed by atoms with Gasteiger partial charge in [-0.3, -0.25) is 9.89 Å². The summed E-state index contributed by atoms with van der Waals surface area (Å²) in [6.07, 6.45) is 9.19. The molecule has 2 unspecified atom stereocenters. The van der Waals surface area contributed by atoms with E-state index >= 15 is 0 Å². The molecule has 1 N–H and O–H groups in total. The highest BCUT2D eigenvalue weighted by molar-refractivity contribution is 5.80. The normalized spacial score (nSPS) is 27.0. The molecule has 3 aliphatic rings. The summed E-state index contributed by atoms with van der Waals surface area (Å²) in [4.78, 5) is 9.37. The summed E-state index contributed by atoms with van der Waals surface area (Å²) in [5.41, 5.74) is 0. The van der Waals surface area contributed by atoms with Crippen molar-refractivity contribution >= 4 is 5.96 Å². The topological polar surface area (TPSA) is 49.3 Å². The molecule has 26 heavy (non-hydrogen) atoms. The van der Waals surface area contributed by atoms with Crippen molar-refractivity contribution in [1.82, 2.24) is 15.1 Å². The van der Waals surface area contributed by atoms with Gasteiger partial charge in [-0.15, -0.1) is 0 Å². The molecule has 0 aromatic carbocycles. The van der Waals surface area contributed by atoms with E-state index in [4.69, 9.17) is 9.47 Å². The van der Waals surface area contributed by atoms with E-state index in [-0.39, 0.29) is 0 Å². The zero-order valence-electron chi connectivity index (χ0n) is 17.0. The molecule has 0 aromatic rings. The molecule has 0 radical (unpaired) electrons. The van der Waals surface area contributed by atoms with Crippen LogP contribution in [0.5, 0.6) is 0 Å². The second-order valence-electron chi connectivity index (χ2n) is 8.18. The Hall–Kier alpha value is -0.850. The first-order valence-corrected chi connectivity index (χ1v) is 10.6.